The standard InChI is InChI=1S/C35H34N2O4/c38-29-8-3-26(4-9-29)33-15-5-27-24-31(40)12-16-34(27)35(33)23-25-1-13-32(14-2-25)41-22-21-36-17-19-37(20-18-36)28-6-10-30(39)11-7-28/h1-16,24,38-40H,17-23H2. The van der Waals surface area contributed by atoms with Gasteiger partial charge in [-0.1, -0.05) is 42.5 Å². The quantitative estimate of drug-likeness (QED) is 0.209. The smallest absolute Gasteiger partial charge is 0.119 e. The second kappa shape index (κ2) is 11.8. The first-order chi connectivity index (χ1) is 20.0. The number of hydrogen-bond donors (Lipinski definition) is 3. The van der Waals surface area contributed by atoms with Gasteiger partial charge in [-0.25, -0.2) is 0 Å². The van der Waals surface area contributed by atoms with Crippen LogP contribution in [0.1, 0.15) is 11.1 Å². The van der Waals surface area contributed by atoms with Crippen molar-refractivity contribution in [2.75, 3.05) is 44.2 Å². The average Bonchev–Trinajstić information content (AvgIpc) is 2.99. The van der Waals surface area contributed by atoms with Gasteiger partial charge >= 0.3 is 0 Å². The fraction of sp³-hybridized carbons (Fsp3) is 0.200. The minimum atomic E-state index is 0.243. The van der Waals surface area contributed by atoms with E-state index in [1.54, 1.807) is 36.4 Å². The number of ether oxygens (including phenoxy) is 1. The molecule has 6 rings (SSSR count). The number of aromatic hydroxyl groups is 3. The molecule has 0 aliphatic carbocycles. The van der Waals surface area contributed by atoms with E-state index in [0.29, 0.717) is 12.4 Å². The summed E-state index contributed by atoms with van der Waals surface area (Å²) < 4.78 is 6.09. The molecular formula is C35H34N2O4. The Morgan fingerprint density at radius 3 is 2.00 bits per heavy atom. The van der Waals surface area contributed by atoms with Gasteiger partial charge in [-0.3, -0.25) is 4.90 Å². The highest BCUT2D eigenvalue weighted by atomic mass is 16.5. The Bertz CT molecular complexity index is 1610. The van der Waals surface area contributed by atoms with Gasteiger partial charge in [0.25, 0.3) is 0 Å². The van der Waals surface area contributed by atoms with Gasteiger partial charge in [0.15, 0.2) is 0 Å². The number of phenols is 3. The highest BCUT2D eigenvalue weighted by molar-refractivity contribution is 5.93. The predicted molar refractivity (Wildman–Crippen MR) is 164 cm³/mol. The third-order valence-corrected chi connectivity index (χ3v) is 7.86. The molecule has 0 bridgehead atoms. The molecule has 6 nitrogen and oxygen atoms in total. The van der Waals surface area contributed by atoms with Crippen LogP contribution in [0.5, 0.6) is 23.0 Å². The number of anilines is 1. The first-order valence-electron chi connectivity index (χ1n) is 14.0. The summed E-state index contributed by atoms with van der Waals surface area (Å²) in [6.45, 7) is 5.39. The molecule has 3 N–H and O–H groups in total. The molecule has 0 saturated carbocycles. The third kappa shape index (κ3) is 6.23. The van der Waals surface area contributed by atoms with Crippen molar-refractivity contribution >= 4 is 16.5 Å². The largest absolute Gasteiger partial charge is 0.508 e. The monoisotopic (exact) mass is 546 g/mol. The normalized spacial score (nSPS) is 13.9. The van der Waals surface area contributed by atoms with Gasteiger partial charge in [0.2, 0.25) is 0 Å². The van der Waals surface area contributed by atoms with Crippen LogP contribution in [0.3, 0.4) is 0 Å². The van der Waals surface area contributed by atoms with Crippen molar-refractivity contribution in [3.63, 3.8) is 0 Å². The lowest BCUT2D eigenvalue weighted by Crippen LogP contribution is -2.47. The molecule has 1 fully saturated rings. The molecule has 5 aromatic carbocycles. The SMILES string of the molecule is Oc1ccc(-c2ccc3cc(O)ccc3c2Cc2ccc(OCCN3CCN(c4ccc(O)cc4)CC3)cc2)cc1. The van der Waals surface area contributed by atoms with Gasteiger partial charge in [-0.15, -0.1) is 0 Å². The molecule has 6 heteroatoms. The topological polar surface area (TPSA) is 76.4 Å². The lowest BCUT2D eigenvalue weighted by molar-refractivity contribution is 0.200. The number of hydrogen-bond acceptors (Lipinski definition) is 6. The van der Waals surface area contributed by atoms with Gasteiger partial charge in [0.05, 0.1) is 0 Å². The summed E-state index contributed by atoms with van der Waals surface area (Å²) in [4.78, 5) is 4.77. The van der Waals surface area contributed by atoms with Crippen molar-refractivity contribution in [1.82, 2.24) is 4.90 Å². The van der Waals surface area contributed by atoms with E-state index in [-0.39, 0.29) is 11.5 Å². The number of rotatable bonds is 8. The van der Waals surface area contributed by atoms with Crippen molar-refractivity contribution < 1.29 is 20.1 Å². The van der Waals surface area contributed by atoms with Crippen LogP contribution in [-0.2, 0) is 6.42 Å². The molecule has 41 heavy (non-hydrogen) atoms. The van der Waals surface area contributed by atoms with Crippen LogP contribution >= 0.6 is 0 Å². The summed E-state index contributed by atoms with van der Waals surface area (Å²) in [6.07, 6.45) is 0.726. The Morgan fingerprint density at radius 2 is 1.29 bits per heavy atom. The van der Waals surface area contributed by atoms with E-state index in [2.05, 4.69) is 28.0 Å². The molecule has 1 aliphatic heterocycles. The molecular weight excluding hydrogens is 512 g/mol. The number of phenolic OH excluding ortho intramolecular Hbond substituents is 3. The van der Waals surface area contributed by atoms with E-state index >= 15 is 0 Å². The van der Waals surface area contributed by atoms with Gasteiger partial charge in [-0.05, 0) is 100 Å². The van der Waals surface area contributed by atoms with E-state index < -0.39 is 0 Å². The number of piperazine rings is 1. The van der Waals surface area contributed by atoms with Crippen molar-refractivity contribution in [3.05, 3.63) is 114 Å². The molecule has 1 saturated heterocycles. The van der Waals surface area contributed by atoms with Crippen molar-refractivity contribution in [2.24, 2.45) is 0 Å². The van der Waals surface area contributed by atoms with Gasteiger partial charge < -0.3 is 25.0 Å². The molecule has 0 unspecified atom stereocenters. The molecule has 0 amide bonds. The summed E-state index contributed by atoms with van der Waals surface area (Å²) in [7, 11) is 0. The molecule has 1 heterocycles. The zero-order valence-electron chi connectivity index (χ0n) is 22.9. The Labute approximate surface area is 240 Å². The highest BCUT2D eigenvalue weighted by Gasteiger charge is 2.17. The summed E-state index contributed by atoms with van der Waals surface area (Å²) in [5.41, 5.74) is 5.64. The van der Waals surface area contributed by atoms with Gasteiger partial charge in [0.1, 0.15) is 29.6 Å². The lowest BCUT2D eigenvalue weighted by Gasteiger charge is -2.36. The van der Waals surface area contributed by atoms with E-state index in [9.17, 15) is 15.3 Å². The summed E-state index contributed by atoms with van der Waals surface area (Å²) in [6, 6.07) is 32.6. The fourth-order valence-corrected chi connectivity index (χ4v) is 5.58. The minimum absolute atomic E-state index is 0.243. The molecule has 208 valence electrons. The maximum atomic E-state index is 10.0. The van der Waals surface area contributed by atoms with Crippen LogP contribution in [0.25, 0.3) is 21.9 Å². The Kier molecular flexibility index (Phi) is 7.65. The predicted octanol–water partition coefficient (Wildman–Crippen LogP) is 6.42. The first-order valence-corrected chi connectivity index (χ1v) is 14.0. The van der Waals surface area contributed by atoms with Crippen LogP contribution in [-0.4, -0.2) is 59.6 Å². The Balaban J connectivity index is 1.08. The van der Waals surface area contributed by atoms with E-state index in [1.165, 1.54) is 11.1 Å². The van der Waals surface area contributed by atoms with Gasteiger partial charge in [0, 0.05) is 38.4 Å². The highest BCUT2D eigenvalue weighted by Crippen LogP contribution is 2.34. The van der Waals surface area contributed by atoms with Crippen LogP contribution < -0.4 is 9.64 Å². The van der Waals surface area contributed by atoms with Crippen molar-refractivity contribution in [2.45, 2.75) is 6.42 Å². The van der Waals surface area contributed by atoms with Gasteiger partial charge in [-0.2, -0.15) is 0 Å². The molecule has 0 aromatic heterocycles. The molecule has 0 radical (unpaired) electrons. The lowest BCUT2D eigenvalue weighted by atomic mass is 9.90. The average molecular weight is 547 g/mol. The molecule has 5 aromatic rings. The maximum Gasteiger partial charge on any atom is 0.119 e. The van der Waals surface area contributed by atoms with E-state index in [0.717, 1.165) is 72.5 Å². The molecule has 0 spiro atoms. The third-order valence-electron chi connectivity index (χ3n) is 7.86. The zero-order valence-corrected chi connectivity index (χ0v) is 22.9. The van der Waals surface area contributed by atoms with Crippen LogP contribution in [0, 0.1) is 0 Å². The minimum Gasteiger partial charge on any atom is -0.508 e. The summed E-state index contributed by atoms with van der Waals surface area (Å²) in [5, 5.41) is 31.4. The summed E-state index contributed by atoms with van der Waals surface area (Å²) in [5.74, 6) is 1.65. The second-order valence-corrected chi connectivity index (χ2v) is 10.6. The summed E-state index contributed by atoms with van der Waals surface area (Å²) >= 11 is 0. The van der Waals surface area contributed by atoms with Crippen LogP contribution in [0.15, 0.2) is 103 Å². The van der Waals surface area contributed by atoms with Crippen LogP contribution in [0.2, 0.25) is 0 Å². The van der Waals surface area contributed by atoms with E-state index in [1.807, 2.05) is 48.5 Å². The number of fused-ring (bicyclic) bond motifs is 1. The zero-order chi connectivity index (χ0) is 28.2. The van der Waals surface area contributed by atoms with Crippen LogP contribution in [0.4, 0.5) is 5.69 Å². The first kappa shape index (κ1) is 26.5. The van der Waals surface area contributed by atoms with E-state index in [4.69, 9.17) is 4.74 Å². The molecule has 1 aliphatic rings. The Hall–Kier alpha value is -4.68. The second-order valence-electron chi connectivity index (χ2n) is 10.6. The fourth-order valence-electron chi connectivity index (χ4n) is 5.58. The Morgan fingerprint density at radius 1 is 0.634 bits per heavy atom. The number of nitrogens with zero attached hydrogens (tertiary/aromatic N) is 2. The molecule has 0 atom stereocenters. The van der Waals surface area contributed by atoms with Crippen molar-refractivity contribution in [3.8, 4) is 34.1 Å². The van der Waals surface area contributed by atoms with Crippen molar-refractivity contribution in [1.29, 1.82) is 0 Å². The maximum absolute atomic E-state index is 10.0. The number of benzene rings is 5.